The summed E-state index contributed by atoms with van der Waals surface area (Å²) in [7, 11) is 0. The maximum Gasteiger partial charge on any atom is 0.275 e. The number of hydrogen-bond acceptors (Lipinski definition) is 6. The minimum absolute atomic E-state index is 0.0690. The zero-order valence-corrected chi connectivity index (χ0v) is 14.4. The Morgan fingerprint density at radius 1 is 1.32 bits per heavy atom. The number of nitrogens with zero attached hydrogens (tertiary/aromatic N) is 5. The fourth-order valence-corrected chi connectivity index (χ4v) is 3.57. The molecule has 0 aliphatic carbocycles. The smallest absolute Gasteiger partial charge is 0.275 e. The monoisotopic (exact) mass is 345 g/mol. The maximum atomic E-state index is 12.8. The highest BCUT2D eigenvalue weighted by Gasteiger charge is 2.36. The summed E-state index contributed by atoms with van der Waals surface area (Å²) >= 11 is 0. The van der Waals surface area contributed by atoms with Gasteiger partial charge in [-0.2, -0.15) is 10.1 Å². The van der Waals surface area contributed by atoms with Crippen LogP contribution in [0.25, 0.3) is 0 Å². The van der Waals surface area contributed by atoms with Crippen LogP contribution in [0.3, 0.4) is 0 Å². The third-order valence-corrected chi connectivity index (χ3v) is 5.03. The van der Waals surface area contributed by atoms with Crippen molar-refractivity contribution in [2.24, 2.45) is 0 Å². The second kappa shape index (κ2) is 6.95. The van der Waals surface area contributed by atoms with E-state index in [9.17, 15) is 4.79 Å². The SMILES string of the molecule is CCn1ccc(C(=O)N2CCCC2c2nc(C3CCOCC3)no2)n1. The lowest BCUT2D eigenvalue weighted by atomic mass is 10.00. The Morgan fingerprint density at radius 2 is 2.16 bits per heavy atom. The quantitative estimate of drug-likeness (QED) is 0.844. The minimum Gasteiger partial charge on any atom is -0.381 e. The van der Waals surface area contributed by atoms with Crippen molar-refractivity contribution in [2.75, 3.05) is 19.8 Å². The van der Waals surface area contributed by atoms with E-state index >= 15 is 0 Å². The first-order valence-corrected chi connectivity index (χ1v) is 9.02. The number of carbonyl (C=O) groups excluding carboxylic acids is 1. The van der Waals surface area contributed by atoms with E-state index < -0.39 is 0 Å². The highest BCUT2D eigenvalue weighted by Crippen LogP contribution is 2.33. The molecule has 2 saturated heterocycles. The molecule has 8 nitrogen and oxygen atoms in total. The van der Waals surface area contributed by atoms with E-state index in [0.717, 1.165) is 51.3 Å². The summed E-state index contributed by atoms with van der Waals surface area (Å²) in [5, 5.41) is 8.49. The van der Waals surface area contributed by atoms with E-state index in [1.165, 1.54) is 0 Å². The van der Waals surface area contributed by atoms with Crippen molar-refractivity contribution in [3.8, 4) is 0 Å². The van der Waals surface area contributed by atoms with Gasteiger partial charge in [0.05, 0.1) is 0 Å². The molecule has 0 spiro atoms. The average Bonchev–Trinajstić information content (AvgIpc) is 3.41. The van der Waals surface area contributed by atoms with Crippen LogP contribution in [-0.2, 0) is 11.3 Å². The van der Waals surface area contributed by atoms with Crippen LogP contribution in [0.15, 0.2) is 16.8 Å². The van der Waals surface area contributed by atoms with Gasteiger partial charge in [-0.3, -0.25) is 9.48 Å². The van der Waals surface area contributed by atoms with E-state index in [4.69, 9.17) is 9.26 Å². The summed E-state index contributed by atoms with van der Waals surface area (Å²) in [6, 6.07) is 1.61. The van der Waals surface area contributed by atoms with Crippen molar-refractivity contribution < 1.29 is 14.1 Å². The van der Waals surface area contributed by atoms with Gasteiger partial charge in [-0.15, -0.1) is 0 Å². The largest absolute Gasteiger partial charge is 0.381 e. The van der Waals surface area contributed by atoms with Crippen LogP contribution in [0.4, 0.5) is 0 Å². The first-order valence-electron chi connectivity index (χ1n) is 9.02. The Hall–Kier alpha value is -2.22. The maximum absolute atomic E-state index is 12.8. The lowest BCUT2D eigenvalue weighted by Gasteiger charge is -2.21. The predicted molar refractivity (Wildman–Crippen MR) is 88.0 cm³/mol. The first kappa shape index (κ1) is 16.3. The van der Waals surface area contributed by atoms with E-state index in [0.29, 0.717) is 18.1 Å². The van der Waals surface area contributed by atoms with Crippen LogP contribution in [0.1, 0.15) is 66.8 Å². The van der Waals surface area contributed by atoms with Crippen LogP contribution in [0.2, 0.25) is 0 Å². The molecule has 0 N–H and O–H groups in total. The molecule has 2 aliphatic heterocycles. The second-order valence-electron chi connectivity index (χ2n) is 6.59. The number of aromatic nitrogens is 4. The summed E-state index contributed by atoms with van der Waals surface area (Å²) in [5.74, 6) is 1.51. The molecule has 0 radical (unpaired) electrons. The molecule has 1 amide bonds. The Labute approximate surface area is 146 Å². The molecular weight excluding hydrogens is 322 g/mol. The molecule has 1 atom stereocenters. The molecule has 2 aromatic heterocycles. The summed E-state index contributed by atoms with van der Waals surface area (Å²) in [4.78, 5) is 19.2. The van der Waals surface area contributed by atoms with Gasteiger partial charge < -0.3 is 14.2 Å². The summed E-state index contributed by atoms with van der Waals surface area (Å²) in [5.41, 5.74) is 0.470. The van der Waals surface area contributed by atoms with Crippen molar-refractivity contribution in [1.82, 2.24) is 24.8 Å². The molecule has 134 valence electrons. The van der Waals surface area contributed by atoms with Gasteiger partial charge in [0.1, 0.15) is 11.7 Å². The molecule has 1 unspecified atom stereocenters. The van der Waals surface area contributed by atoms with Gasteiger partial charge in [0.2, 0.25) is 5.89 Å². The molecule has 8 heteroatoms. The molecule has 2 aliphatic rings. The Morgan fingerprint density at radius 3 is 2.92 bits per heavy atom. The van der Waals surface area contributed by atoms with Crippen molar-refractivity contribution >= 4 is 5.91 Å². The molecule has 2 aromatic rings. The number of rotatable bonds is 4. The van der Waals surface area contributed by atoms with Gasteiger partial charge >= 0.3 is 0 Å². The zero-order valence-electron chi connectivity index (χ0n) is 14.4. The number of amides is 1. The third kappa shape index (κ3) is 3.18. The van der Waals surface area contributed by atoms with Crippen LogP contribution in [0, 0.1) is 0 Å². The van der Waals surface area contributed by atoms with Crippen molar-refractivity contribution in [1.29, 1.82) is 0 Å². The number of hydrogen-bond donors (Lipinski definition) is 0. The second-order valence-corrected chi connectivity index (χ2v) is 6.59. The molecule has 0 saturated carbocycles. The van der Waals surface area contributed by atoms with E-state index in [-0.39, 0.29) is 17.9 Å². The number of likely N-dealkylation sites (tertiary alicyclic amines) is 1. The van der Waals surface area contributed by atoms with Gasteiger partial charge in [0.25, 0.3) is 5.91 Å². The fraction of sp³-hybridized carbons (Fsp3) is 0.647. The van der Waals surface area contributed by atoms with Crippen LogP contribution in [0.5, 0.6) is 0 Å². The van der Waals surface area contributed by atoms with Crippen LogP contribution >= 0.6 is 0 Å². The molecule has 25 heavy (non-hydrogen) atoms. The predicted octanol–water partition coefficient (Wildman–Crippen LogP) is 2.16. The molecule has 0 aromatic carbocycles. The lowest BCUT2D eigenvalue weighted by Crippen LogP contribution is -2.31. The summed E-state index contributed by atoms with van der Waals surface area (Å²) < 4.78 is 12.7. The van der Waals surface area contributed by atoms with Crippen molar-refractivity contribution in [3.05, 3.63) is 29.7 Å². The third-order valence-electron chi connectivity index (χ3n) is 5.03. The van der Waals surface area contributed by atoms with E-state index in [1.54, 1.807) is 10.7 Å². The molecular formula is C17H23N5O3. The topological polar surface area (TPSA) is 86.3 Å². The number of ether oxygens (including phenoxy) is 1. The minimum atomic E-state index is -0.152. The van der Waals surface area contributed by atoms with Gasteiger partial charge in [-0.25, -0.2) is 0 Å². The van der Waals surface area contributed by atoms with E-state index in [1.807, 2.05) is 18.0 Å². The van der Waals surface area contributed by atoms with Crippen molar-refractivity contribution in [2.45, 2.75) is 51.1 Å². The van der Waals surface area contributed by atoms with Gasteiger partial charge in [0.15, 0.2) is 5.82 Å². The molecule has 4 rings (SSSR count). The molecule has 4 heterocycles. The van der Waals surface area contributed by atoms with Gasteiger partial charge in [0, 0.05) is 38.4 Å². The number of aryl methyl sites for hydroxylation is 1. The Kier molecular flexibility index (Phi) is 4.52. The fourth-order valence-electron chi connectivity index (χ4n) is 3.57. The highest BCUT2D eigenvalue weighted by molar-refractivity contribution is 5.92. The summed E-state index contributed by atoms with van der Waals surface area (Å²) in [6.07, 6.45) is 5.44. The van der Waals surface area contributed by atoms with E-state index in [2.05, 4.69) is 15.2 Å². The lowest BCUT2D eigenvalue weighted by molar-refractivity contribution is 0.0703. The first-order chi connectivity index (χ1) is 12.3. The zero-order chi connectivity index (χ0) is 17.2. The van der Waals surface area contributed by atoms with Crippen molar-refractivity contribution in [3.63, 3.8) is 0 Å². The Balaban J connectivity index is 1.51. The molecule has 2 fully saturated rings. The van der Waals surface area contributed by atoms with Gasteiger partial charge in [-0.1, -0.05) is 5.16 Å². The summed E-state index contributed by atoms with van der Waals surface area (Å²) in [6.45, 7) is 4.91. The van der Waals surface area contributed by atoms with Crippen LogP contribution in [-0.4, -0.2) is 50.5 Å². The standard InChI is InChI=1S/C17H23N5O3/c1-2-21-9-5-13(19-21)17(23)22-8-3-4-14(22)16-18-15(20-25-16)12-6-10-24-11-7-12/h5,9,12,14H,2-4,6-8,10-11H2,1H3. The van der Waals surface area contributed by atoms with Gasteiger partial charge in [-0.05, 0) is 38.7 Å². The Bertz CT molecular complexity index is 734. The normalized spacial score (nSPS) is 21.8. The average molecular weight is 345 g/mol. The number of carbonyl (C=O) groups is 1. The molecule has 0 bridgehead atoms. The van der Waals surface area contributed by atoms with Crippen LogP contribution < -0.4 is 0 Å². The highest BCUT2D eigenvalue weighted by atomic mass is 16.5.